The molecule has 0 radical (unpaired) electrons. The average molecular weight is 441 g/mol. The Labute approximate surface area is 176 Å². The molecular weight excluding hydrogens is 418 g/mol. The summed E-state index contributed by atoms with van der Waals surface area (Å²) in [5.74, 6) is -1.07. The molecular formula is C21H23F4N3O3. The lowest BCUT2D eigenvalue weighted by atomic mass is 10.0. The summed E-state index contributed by atoms with van der Waals surface area (Å²) in [7, 11) is 0. The second-order valence-electron chi connectivity index (χ2n) is 8.36. The van der Waals surface area contributed by atoms with Crippen LogP contribution in [0.1, 0.15) is 25.1 Å². The average Bonchev–Trinajstić information content (AvgIpc) is 3.30. The van der Waals surface area contributed by atoms with E-state index >= 15 is 0 Å². The van der Waals surface area contributed by atoms with E-state index in [0.29, 0.717) is 6.61 Å². The van der Waals surface area contributed by atoms with Gasteiger partial charge in [-0.2, -0.15) is 13.2 Å². The summed E-state index contributed by atoms with van der Waals surface area (Å²) < 4.78 is 53.5. The van der Waals surface area contributed by atoms with Gasteiger partial charge in [-0.15, -0.1) is 0 Å². The first-order valence-electron chi connectivity index (χ1n) is 10.1. The summed E-state index contributed by atoms with van der Waals surface area (Å²) in [6.07, 6.45) is 0.678. The Hall–Kier alpha value is -2.46. The number of imidazole rings is 1. The number of hydrogen-bond donors (Lipinski definition) is 1. The molecule has 1 unspecified atom stereocenters. The van der Waals surface area contributed by atoms with Crippen molar-refractivity contribution in [1.29, 1.82) is 0 Å². The van der Waals surface area contributed by atoms with Gasteiger partial charge >= 0.3 is 12.1 Å². The topological polar surface area (TPSA) is 67.6 Å². The van der Waals surface area contributed by atoms with Crippen LogP contribution in [0, 0.1) is 11.7 Å². The SMILES string of the molecule is Fc1ccc(-c2cnc3n2CC2(CCN(CC4CC4)C2)OC3)cc1.O=C(O)C(F)(F)F. The fourth-order valence-electron chi connectivity index (χ4n) is 4.10. The second kappa shape index (κ2) is 8.23. The first kappa shape index (κ1) is 21.8. The highest BCUT2D eigenvalue weighted by Crippen LogP contribution is 2.37. The number of rotatable bonds is 3. The van der Waals surface area contributed by atoms with Gasteiger partial charge in [0.05, 0.1) is 18.4 Å². The van der Waals surface area contributed by atoms with Crippen molar-refractivity contribution < 1.29 is 32.2 Å². The molecule has 1 saturated carbocycles. The van der Waals surface area contributed by atoms with Crippen molar-refractivity contribution in [3.63, 3.8) is 0 Å². The molecule has 0 amide bonds. The molecule has 6 nitrogen and oxygen atoms in total. The van der Waals surface area contributed by atoms with Crippen molar-refractivity contribution in [2.75, 3.05) is 19.6 Å². The second-order valence-corrected chi connectivity index (χ2v) is 8.36. The predicted octanol–water partition coefficient (Wildman–Crippen LogP) is 3.71. The Morgan fingerprint density at radius 1 is 1.23 bits per heavy atom. The minimum Gasteiger partial charge on any atom is -0.475 e. The van der Waals surface area contributed by atoms with Crippen LogP contribution in [0.5, 0.6) is 0 Å². The number of ether oxygens (including phenoxy) is 1. The maximum atomic E-state index is 13.2. The Bertz CT molecular complexity index is 940. The number of halogens is 4. The van der Waals surface area contributed by atoms with Crippen LogP contribution >= 0.6 is 0 Å². The monoisotopic (exact) mass is 441 g/mol. The molecule has 1 spiro atoms. The van der Waals surface area contributed by atoms with E-state index in [2.05, 4.69) is 14.5 Å². The van der Waals surface area contributed by atoms with E-state index in [4.69, 9.17) is 14.6 Å². The number of likely N-dealkylation sites (tertiary alicyclic amines) is 1. The van der Waals surface area contributed by atoms with Crippen LogP contribution in [-0.2, 0) is 22.7 Å². The van der Waals surface area contributed by atoms with Gasteiger partial charge in [0.2, 0.25) is 0 Å². The number of aromatic nitrogens is 2. The molecule has 10 heteroatoms. The summed E-state index contributed by atoms with van der Waals surface area (Å²) in [4.78, 5) is 16.0. The van der Waals surface area contributed by atoms with E-state index in [0.717, 1.165) is 49.1 Å². The van der Waals surface area contributed by atoms with E-state index in [-0.39, 0.29) is 11.4 Å². The molecule has 3 aliphatic rings. The van der Waals surface area contributed by atoms with Gasteiger partial charge in [0, 0.05) is 19.6 Å². The minimum atomic E-state index is -5.08. The van der Waals surface area contributed by atoms with E-state index < -0.39 is 12.1 Å². The molecule has 1 aliphatic carbocycles. The maximum absolute atomic E-state index is 13.2. The van der Waals surface area contributed by atoms with E-state index in [1.165, 1.54) is 31.5 Å². The Morgan fingerprint density at radius 2 is 1.90 bits per heavy atom. The van der Waals surface area contributed by atoms with Gasteiger partial charge in [0.25, 0.3) is 0 Å². The number of alkyl halides is 3. The molecule has 168 valence electrons. The van der Waals surface area contributed by atoms with Gasteiger partial charge in [-0.25, -0.2) is 14.2 Å². The van der Waals surface area contributed by atoms with Gasteiger partial charge in [-0.3, -0.25) is 0 Å². The lowest BCUT2D eigenvalue weighted by Gasteiger charge is -2.35. The lowest BCUT2D eigenvalue weighted by Crippen LogP contribution is -2.44. The zero-order valence-electron chi connectivity index (χ0n) is 16.7. The summed E-state index contributed by atoms with van der Waals surface area (Å²) in [5.41, 5.74) is 1.99. The smallest absolute Gasteiger partial charge is 0.475 e. The number of fused-ring (bicyclic) bond motifs is 1. The van der Waals surface area contributed by atoms with E-state index in [9.17, 15) is 17.6 Å². The maximum Gasteiger partial charge on any atom is 0.490 e. The third-order valence-corrected chi connectivity index (χ3v) is 5.88. The van der Waals surface area contributed by atoms with Crippen LogP contribution in [0.4, 0.5) is 17.6 Å². The standard InChI is InChI=1S/C19H22FN3O.C2HF3O2/c20-16-5-3-15(4-6-16)17-9-21-18-11-24-19(13-23(17)18)7-8-22(12-19)10-14-1-2-14;3-2(4,5)1(6)7/h3-6,9,14H,1-2,7-8,10-13H2;(H,6,7). The first-order chi connectivity index (χ1) is 14.7. The Balaban J connectivity index is 0.000000289. The highest BCUT2D eigenvalue weighted by molar-refractivity contribution is 5.73. The Morgan fingerprint density at radius 3 is 2.52 bits per heavy atom. The van der Waals surface area contributed by atoms with Crippen LogP contribution in [0.2, 0.25) is 0 Å². The summed E-state index contributed by atoms with van der Waals surface area (Å²) in [6.45, 7) is 4.79. The zero-order valence-corrected chi connectivity index (χ0v) is 16.7. The number of nitrogens with zero attached hydrogens (tertiary/aromatic N) is 3. The number of carbonyl (C=O) groups is 1. The van der Waals surface area contributed by atoms with E-state index in [1.807, 2.05) is 18.3 Å². The van der Waals surface area contributed by atoms with Gasteiger partial charge in [-0.1, -0.05) is 0 Å². The normalized spacial score (nSPS) is 23.4. The molecule has 1 atom stereocenters. The molecule has 1 N–H and O–H groups in total. The molecule has 5 rings (SSSR count). The predicted molar refractivity (Wildman–Crippen MR) is 103 cm³/mol. The zero-order chi connectivity index (χ0) is 22.2. The molecule has 3 heterocycles. The summed E-state index contributed by atoms with van der Waals surface area (Å²) in [5, 5.41) is 7.12. The number of carboxylic acids is 1. The minimum absolute atomic E-state index is 0.0859. The van der Waals surface area contributed by atoms with Crippen LogP contribution in [0.3, 0.4) is 0 Å². The van der Waals surface area contributed by atoms with Gasteiger partial charge in [-0.05, 0) is 55.0 Å². The third kappa shape index (κ3) is 5.07. The summed E-state index contributed by atoms with van der Waals surface area (Å²) in [6, 6.07) is 6.68. The van der Waals surface area contributed by atoms with Crippen LogP contribution in [-0.4, -0.2) is 56.9 Å². The number of aliphatic carboxylic acids is 1. The third-order valence-electron chi connectivity index (χ3n) is 5.88. The van der Waals surface area contributed by atoms with Gasteiger partial charge in [0.1, 0.15) is 23.8 Å². The molecule has 2 aliphatic heterocycles. The highest BCUT2D eigenvalue weighted by Gasteiger charge is 2.44. The van der Waals surface area contributed by atoms with E-state index in [1.54, 1.807) is 0 Å². The van der Waals surface area contributed by atoms with Crippen LogP contribution in [0.25, 0.3) is 11.3 Å². The molecule has 1 saturated heterocycles. The fourth-order valence-corrected chi connectivity index (χ4v) is 4.10. The molecule has 2 aromatic rings. The largest absolute Gasteiger partial charge is 0.490 e. The summed E-state index contributed by atoms with van der Waals surface area (Å²) >= 11 is 0. The first-order valence-corrected chi connectivity index (χ1v) is 10.1. The molecule has 0 bridgehead atoms. The van der Waals surface area contributed by atoms with Crippen molar-refractivity contribution in [2.45, 2.75) is 44.2 Å². The van der Waals surface area contributed by atoms with Crippen molar-refractivity contribution >= 4 is 5.97 Å². The quantitative estimate of drug-likeness (QED) is 0.736. The molecule has 31 heavy (non-hydrogen) atoms. The number of carboxylic acid groups (broad SMARTS) is 1. The number of hydrogen-bond acceptors (Lipinski definition) is 4. The molecule has 2 fully saturated rings. The van der Waals surface area contributed by atoms with Crippen molar-refractivity contribution in [2.24, 2.45) is 5.92 Å². The lowest BCUT2D eigenvalue weighted by molar-refractivity contribution is -0.192. The fraction of sp³-hybridized carbons (Fsp3) is 0.524. The number of benzene rings is 1. The molecule has 1 aromatic carbocycles. The van der Waals surface area contributed by atoms with Crippen molar-refractivity contribution in [1.82, 2.24) is 14.5 Å². The molecule has 1 aromatic heterocycles. The van der Waals surface area contributed by atoms with Gasteiger partial charge in [0.15, 0.2) is 0 Å². The Kier molecular flexibility index (Phi) is 5.78. The van der Waals surface area contributed by atoms with Crippen molar-refractivity contribution in [3.05, 3.63) is 42.1 Å². The van der Waals surface area contributed by atoms with Gasteiger partial charge < -0.3 is 19.3 Å². The van der Waals surface area contributed by atoms with Crippen LogP contribution in [0.15, 0.2) is 30.5 Å². The van der Waals surface area contributed by atoms with Crippen LogP contribution < -0.4 is 0 Å². The highest BCUT2D eigenvalue weighted by atomic mass is 19.4. The van der Waals surface area contributed by atoms with Crippen molar-refractivity contribution in [3.8, 4) is 11.3 Å².